The van der Waals surface area contributed by atoms with Gasteiger partial charge in [-0.05, 0) is 33.1 Å². The average molecular weight is 218 g/mol. The molecule has 1 saturated carbocycles. The first kappa shape index (κ1) is 12.9. The quantitative estimate of drug-likeness (QED) is 0.673. The van der Waals surface area contributed by atoms with Gasteiger partial charge in [0.25, 0.3) is 0 Å². The van der Waals surface area contributed by atoms with Gasteiger partial charge in [0.2, 0.25) is 0 Å². The van der Waals surface area contributed by atoms with E-state index in [2.05, 4.69) is 0 Å². The normalized spacial score (nSPS) is 32.2. The summed E-state index contributed by atoms with van der Waals surface area (Å²) < 4.78 is 11.0. The number of aliphatic hydroxyl groups is 2. The van der Waals surface area contributed by atoms with Crippen molar-refractivity contribution in [3.05, 3.63) is 0 Å². The standard InChI is InChI=1S/C11H22O4/c1-3-14-11(15-4-2)8-5-6-9(12)10(13)7-8/h8-13H,3-7H2,1-2H3/t8?,9-,10+/m1/s1. The summed E-state index contributed by atoms with van der Waals surface area (Å²) in [6, 6.07) is 0. The minimum absolute atomic E-state index is 0.197. The second kappa shape index (κ2) is 6.43. The summed E-state index contributed by atoms with van der Waals surface area (Å²) in [4.78, 5) is 0. The summed E-state index contributed by atoms with van der Waals surface area (Å²) in [6.07, 6.45) is 0.594. The summed E-state index contributed by atoms with van der Waals surface area (Å²) in [5.74, 6) is 0.197. The Morgan fingerprint density at radius 3 is 2.13 bits per heavy atom. The fourth-order valence-electron chi connectivity index (χ4n) is 2.06. The van der Waals surface area contributed by atoms with Crippen molar-refractivity contribution in [3.8, 4) is 0 Å². The zero-order chi connectivity index (χ0) is 11.3. The molecule has 15 heavy (non-hydrogen) atoms. The molecule has 0 bridgehead atoms. The Labute approximate surface area is 91.2 Å². The van der Waals surface area contributed by atoms with Crippen molar-refractivity contribution in [2.24, 2.45) is 5.92 Å². The van der Waals surface area contributed by atoms with Crippen LogP contribution in [0.4, 0.5) is 0 Å². The van der Waals surface area contributed by atoms with Crippen LogP contribution >= 0.6 is 0 Å². The first-order valence-corrected chi connectivity index (χ1v) is 5.78. The average Bonchev–Trinajstić information content (AvgIpc) is 2.22. The lowest BCUT2D eigenvalue weighted by Gasteiger charge is -2.34. The third kappa shape index (κ3) is 3.72. The number of aliphatic hydroxyl groups excluding tert-OH is 2. The van der Waals surface area contributed by atoms with Crippen LogP contribution in [-0.4, -0.2) is 41.9 Å². The summed E-state index contributed by atoms with van der Waals surface area (Å²) in [6.45, 7) is 5.08. The summed E-state index contributed by atoms with van der Waals surface area (Å²) >= 11 is 0. The van der Waals surface area contributed by atoms with Gasteiger partial charge in [0.05, 0.1) is 12.2 Å². The van der Waals surface area contributed by atoms with E-state index in [4.69, 9.17) is 9.47 Å². The van der Waals surface area contributed by atoms with Crippen LogP contribution in [0.2, 0.25) is 0 Å². The van der Waals surface area contributed by atoms with Crippen LogP contribution in [0.15, 0.2) is 0 Å². The Bertz CT molecular complexity index is 168. The number of hydrogen-bond donors (Lipinski definition) is 2. The van der Waals surface area contributed by atoms with Gasteiger partial charge in [0.1, 0.15) is 0 Å². The molecule has 4 heteroatoms. The van der Waals surface area contributed by atoms with Gasteiger partial charge in [-0.1, -0.05) is 0 Å². The van der Waals surface area contributed by atoms with Gasteiger partial charge in [0.15, 0.2) is 6.29 Å². The molecule has 2 N–H and O–H groups in total. The molecule has 1 fully saturated rings. The van der Waals surface area contributed by atoms with Crippen molar-refractivity contribution in [2.75, 3.05) is 13.2 Å². The predicted octanol–water partition coefficient (Wildman–Crippen LogP) is 0.907. The van der Waals surface area contributed by atoms with E-state index in [9.17, 15) is 10.2 Å². The highest BCUT2D eigenvalue weighted by atomic mass is 16.7. The minimum atomic E-state index is -0.632. The van der Waals surface area contributed by atoms with E-state index in [0.29, 0.717) is 26.1 Å². The molecule has 1 aliphatic carbocycles. The molecule has 0 aromatic rings. The van der Waals surface area contributed by atoms with Crippen LogP contribution in [0.5, 0.6) is 0 Å². The highest BCUT2D eigenvalue weighted by Gasteiger charge is 2.33. The molecule has 0 amide bonds. The Hall–Kier alpha value is -0.160. The molecular weight excluding hydrogens is 196 g/mol. The molecule has 1 aliphatic rings. The first-order chi connectivity index (χ1) is 7.19. The smallest absolute Gasteiger partial charge is 0.160 e. The fraction of sp³-hybridized carbons (Fsp3) is 1.00. The second-order valence-electron chi connectivity index (χ2n) is 3.99. The Kier molecular flexibility index (Phi) is 5.53. The summed E-state index contributed by atoms with van der Waals surface area (Å²) in [5, 5.41) is 19.0. The van der Waals surface area contributed by atoms with E-state index in [-0.39, 0.29) is 12.2 Å². The van der Waals surface area contributed by atoms with Crippen molar-refractivity contribution in [3.63, 3.8) is 0 Å². The SMILES string of the molecule is CCOC(OCC)C1CC[C@@H](O)[C@@H](O)C1. The van der Waals surface area contributed by atoms with E-state index in [0.717, 1.165) is 6.42 Å². The van der Waals surface area contributed by atoms with E-state index < -0.39 is 12.2 Å². The van der Waals surface area contributed by atoms with Crippen LogP contribution in [0, 0.1) is 5.92 Å². The summed E-state index contributed by atoms with van der Waals surface area (Å²) in [7, 11) is 0. The molecule has 3 atom stereocenters. The third-order valence-electron chi connectivity index (χ3n) is 2.87. The van der Waals surface area contributed by atoms with Crippen LogP contribution < -0.4 is 0 Å². The second-order valence-corrected chi connectivity index (χ2v) is 3.99. The van der Waals surface area contributed by atoms with Crippen molar-refractivity contribution >= 4 is 0 Å². The van der Waals surface area contributed by atoms with Gasteiger partial charge in [-0.2, -0.15) is 0 Å². The Balaban J connectivity index is 2.45. The molecule has 0 spiro atoms. The third-order valence-corrected chi connectivity index (χ3v) is 2.87. The molecule has 0 aliphatic heterocycles. The molecule has 0 saturated heterocycles. The highest BCUT2D eigenvalue weighted by molar-refractivity contribution is 4.80. The molecule has 4 nitrogen and oxygen atoms in total. The maximum absolute atomic E-state index is 9.57. The monoisotopic (exact) mass is 218 g/mol. The van der Waals surface area contributed by atoms with Gasteiger partial charge in [-0.25, -0.2) is 0 Å². The molecule has 90 valence electrons. The van der Waals surface area contributed by atoms with E-state index in [1.54, 1.807) is 0 Å². The lowest BCUT2D eigenvalue weighted by atomic mass is 9.85. The number of ether oxygens (including phenoxy) is 2. The van der Waals surface area contributed by atoms with Gasteiger partial charge in [-0.15, -0.1) is 0 Å². The van der Waals surface area contributed by atoms with Crippen molar-refractivity contribution in [2.45, 2.75) is 51.6 Å². The van der Waals surface area contributed by atoms with E-state index >= 15 is 0 Å². The first-order valence-electron chi connectivity index (χ1n) is 5.78. The van der Waals surface area contributed by atoms with Crippen molar-refractivity contribution in [1.82, 2.24) is 0 Å². The molecular formula is C11H22O4. The predicted molar refractivity (Wildman–Crippen MR) is 56.4 cm³/mol. The lowest BCUT2D eigenvalue weighted by Crippen LogP contribution is -2.39. The van der Waals surface area contributed by atoms with Gasteiger partial charge >= 0.3 is 0 Å². The van der Waals surface area contributed by atoms with Gasteiger partial charge < -0.3 is 19.7 Å². The molecule has 1 rings (SSSR count). The molecule has 0 heterocycles. The Morgan fingerprint density at radius 2 is 1.67 bits per heavy atom. The largest absolute Gasteiger partial charge is 0.390 e. The van der Waals surface area contributed by atoms with Crippen molar-refractivity contribution < 1.29 is 19.7 Å². The zero-order valence-electron chi connectivity index (χ0n) is 9.56. The highest BCUT2D eigenvalue weighted by Crippen LogP contribution is 2.29. The molecule has 0 aromatic heterocycles. The van der Waals surface area contributed by atoms with Crippen molar-refractivity contribution in [1.29, 1.82) is 0 Å². The number of hydrogen-bond acceptors (Lipinski definition) is 4. The Morgan fingerprint density at radius 1 is 1.07 bits per heavy atom. The topological polar surface area (TPSA) is 58.9 Å². The summed E-state index contributed by atoms with van der Waals surface area (Å²) in [5.41, 5.74) is 0. The van der Waals surface area contributed by atoms with Gasteiger partial charge in [0, 0.05) is 19.1 Å². The fourth-order valence-corrected chi connectivity index (χ4v) is 2.06. The van der Waals surface area contributed by atoms with Gasteiger partial charge in [-0.3, -0.25) is 0 Å². The van der Waals surface area contributed by atoms with E-state index in [1.165, 1.54) is 0 Å². The van der Waals surface area contributed by atoms with Crippen LogP contribution in [0.25, 0.3) is 0 Å². The molecule has 0 radical (unpaired) electrons. The zero-order valence-corrected chi connectivity index (χ0v) is 9.56. The van der Waals surface area contributed by atoms with E-state index in [1.807, 2.05) is 13.8 Å². The minimum Gasteiger partial charge on any atom is -0.390 e. The van der Waals surface area contributed by atoms with Crippen LogP contribution in [0.1, 0.15) is 33.1 Å². The molecule has 1 unspecified atom stereocenters. The maximum Gasteiger partial charge on any atom is 0.160 e. The molecule has 0 aromatic carbocycles. The number of rotatable bonds is 5. The lowest BCUT2D eigenvalue weighted by molar-refractivity contribution is -0.185. The maximum atomic E-state index is 9.57. The van der Waals surface area contributed by atoms with Crippen LogP contribution in [0.3, 0.4) is 0 Å². The van der Waals surface area contributed by atoms with Crippen LogP contribution in [-0.2, 0) is 9.47 Å².